The van der Waals surface area contributed by atoms with Crippen molar-refractivity contribution in [2.24, 2.45) is 0 Å². The van der Waals surface area contributed by atoms with E-state index in [4.69, 9.17) is 11.6 Å². The summed E-state index contributed by atoms with van der Waals surface area (Å²) >= 11 is 5.88. The molecule has 33 heavy (non-hydrogen) atoms. The number of benzene rings is 2. The van der Waals surface area contributed by atoms with Gasteiger partial charge in [-0.25, -0.2) is 4.79 Å². The van der Waals surface area contributed by atoms with Crippen LogP contribution in [0.4, 0.5) is 19.3 Å². The van der Waals surface area contributed by atoms with Crippen LogP contribution in [0, 0.1) is 0 Å². The maximum Gasteiger partial charge on any atom is 0.387 e. The van der Waals surface area contributed by atoms with E-state index < -0.39 is 36.5 Å². The number of urea groups is 1. The van der Waals surface area contributed by atoms with Crippen LogP contribution < -0.4 is 15.4 Å². The first-order chi connectivity index (χ1) is 15.3. The molecule has 0 saturated carbocycles. The second-order valence-corrected chi connectivity index (χ2v) is 9.25. The van der Waals surface area contributed by atoms with Gasteiger partial charge in [-0.05, 0) is 41.7 Å². The van der Waals surface area contributed by atoms with Crippen molar-refractivity contribution in [3.8, 4) is 5.75 Å². The first-order valence-corrected chi connectivity index (χ1v) is 10.5. The van der Waals surface area contributed by atoms with Gasteiger partial charge in [0, 0.05) is 5.69 Å². The van der Waals surface area contributed by atoms with Gasteiger partial charge >= 0.3 is 12.6 Å². The van der Waals surface area contributed by atoms with E-state index in [1.165, 1.54) is 18.2 Å². The van der Waals surface area contributed by atoms with Crippen molar-refractivity contribution >= 4 is 35.1 Å². The Morgan fingerprint density at radius 3 is 2.36 bits per heavy atom. The average molecular weight is 480 g/mol. The standard InChI is InChI=1S/C23H24ClF2N3O4/c1-22(2,3)13-5-7-14(8-6-13)23(4)19(31)29(21(32)28-23)12-18(30)27-15-9-10-17(16(24)11-15)33-20(25)26/h5-11,20H,12H2,1-4H3,(H,27,30)(H,28,32). The van der Waals surface area contributed by atoms with E-state index >= 15 is 0 Å². The maximum absolute atomic E-state index is 13.1. The van der Waals surface area contributed by atoms with Crippen LogP contribution in [-0.2, 0) is 20.5 Å². The molecule has 0 aliphatic carbocycles. The molecule has 4 amide bonds. The Labute approximate surface area is 195 Å². The molecule has 2 aromatic rings. The van der Waals surface area contributed by atoms with Crippen molar-refractivity contribution in [3.05, 3.63) is 58.6 Å². The van der Waals surface area contributed by atoms with Crippen LogP contribution in [0.15, 0.2) is 42.5 Å². The Bertz CT molecular complexity index is 1090. The number of nitrogens with zero attached hydrogens (tertiary/aromatic N) is 1. The second-order valence-electron chi connectivity index (χ2n) is 8.85. The fraction of sp³-hybridized carbons (Fsp3) is 0.348. The number of nitrogens with one attached hydrogen (secondary N) is 2. The molecule has 1 aliphatic heterocycles. The first-order valence-electron chi connectivity index (χ1n) is 10.1. The Morgan fingerprint density at radius 1 is 1.18 bits per heavy atom. The number of imide groups is 1. The Kier molecular flexibility index (Phi) is 6.65. The van der Waals surface area contributed by atoms with Crippen molar-refractivity contribution in [1.82, 2.24) is 10.2 Å². The lowest BCUT2D eigenvalue weighted by Gasteiger charge is -2.24. The average Bonchev–Trinajstić information content (AvgIpc) is 2.93. The Morgan fingerprint density at radius 2 is 1.82 bits per heavy atom. The van der Waals surface area contributed by atoms with Crippen LogP contribution in [0.3, 0.4) is 0 Å². The molecule has 3 rings (SSSR count). The number of ether oxygens (including phenoxy) is 1. The Balaban J connectivity index is 1.71. The largest absolute Gasteiger partial charge is 0.433 e. The van der Waals surface area contributed by atoms with E-state index in [1.54, 1.807) is 19.1 Å². The summed E-state index contributed by atoms with van der Waals surface area (Å²) in [6, 6.07) is 10.4. The second kappa shape index (κ2) is 8.97. The number of alkyl halides is 2. The number of amides is 4. The van der Waals surface area contributed by atoms with Gasteiger partial charge in [-0.3, -0.25) is 14.5 Å². The molecule has 7 nitrogen and oxygen atoms in total. The zero-order chi connectivity index (χ0) is 24.6. The van der Waals surface area contributed by atoms with Gasteiger partial charge in [0.15, 0.2) is 0 Å². The van der Waals surface area contributed by atoms with E-state index in [0.29, 0.717) is 5.56 Å². The van der Waals surface area contributed by atoms with Gasteiger partial charge in [0.05, 0.1) is 5.02 Å². The molecule has 1 atom stereocenters. The predicted octanol–water partition coefficient (Wildman–Crippen LogP) is 4.64. The van der Waals surface area contributed by atoms with Crippen molar-refractivity contribution in [1.29, 1.82) is 0 Å². The highest BCUT2D eigenvalue weighted by atomic mass is 35.5. The first kappa shape index (κ1) is 24.4. The lowest BCUT2D eigenvalue weighted by atomic mass is 9.84. The van der Waals surface area contributed by atoms with E-state index in [-0.39, 0.29) is 21.9 Å². The quantitative estimate of drug-likeness (QED) is 0.591. The molecule has 1 heterocycles. The van der Waals surface area contributed by atoms with Crippen LogP contribution in [0.2, 0.25) is 5.02 Å². The third kappa shape index (κ3) is 5.24. The summed E-state index contributed by atoms with van der Waals surface area (Å²) in [5, 5.41) is 5.01. The molecule has 0 aromatic heterocycles. The van der Waals surface area contributed by atoms with Crippen LogP contribution >= 0.6 is 11.6 Å². The highest BCUT2D eigenvalue weighted by Gasteiger charge is 2.49. The van der Waals surface area contributed by atoms with Gasteiger partial charge < -0.3 is 15.4 Å². The zero-order valence-electron chi connectivity index (χ0n) is 18.5. The minimum absolute atomic E-state index is 0.0703. The smallest absolute Gasteiger partial charge is 0.387 e. The van der Waals surface area contributed by atoms with Crippen molar-refractivity contribution < 1.29 is 27.9 Å². The van der Waals surface area contributed by atoms with Crippen LogP contribution in [-0.4, -0.2) is 35.9 Å². The summed E-state index contributed by atoms with van der Waals surface area (Å²) in [6.07, 6.45) is 0. The van der Waals surface area contributed by atoms with E-state index in [0.717, 1.165) is 10.5 Å². The van der Waals surface area contributed by atoms with E-state index in [9.17, 15) is 23.2 Å². The molecule has 176 valence electrons. The van der Waals surface area contributed by atoms with Crippen LogP contribution in [0.1, 0.15) is 38.8 Å². The highest BCUT2D eigenvalue weighted by molar-refractivity contribution is 6.32. The van der Waals surface area contributed by atoms with Gasteiger partial charge in [0.1, 0.15) is 17.8 Å². The van der Waals surface area contributed by atoms with Crippen LogP contribution in [0.25, 0.3) is 0 Å². The minimum Gasteiger partial charge on any atom is -0.433 e. The predicted molar refractivity (Wildman–Crippen MR) is 119 cm³/mol. The van der Waals surface area contributed by atoms with Gasteiger partial charge in [-0.2, -0.15) is 8.78 Å². The fourth-order valence-electron chi connectivity index (χ4n) is 3.45. The zero-order valence-corrected chi connectivity index (χ0v) is 19.3. The minimum atomic E-state index is -3.04. The number of hydrogen-bond acceptors (Lipinski definition) is 4. The van der Waals surface area contributed by atoms with Crippen molar-refractivity contribution in [3.63, 3.8) is 0 Å². The summed E-state index contributed by atoms with van der Waals surface area (Å²) in [4.78, 5) is 38.8. The third-order valence-electron chi connectivity index (χ3n) is 5.34. The number of carbonyl (C=O) groups is 3. The van der Waals surface area contributed by atoms with Crippen molar-refractivity contribution in [2.45, 2.75) is 45.3 Å². The number of anilines is 1. The molecular weight excluding hydrogens is 456 g/mol. The lowest BCUT2D eigenvalue weighted by molar-refractivity contribution is -0.133. The molecule has 1 saturated heterocycles. The maximum atomic E-state index is 13.1. The van der Waals surface area contributed by atoms with Crippen LogP contribution in [0.5, 0.6) is 5.75 Å². The topological polar surface area (TPSA) is 87.7 Å². The molecule has 1 unspecified atom stereocenters. The molecule has 10 heteroatoms. The summed E-state index contributed by atoms with van der Waals surface area (Å²) in [6.45, 7) is 4.21. The van der Waals surface area contributed by atoms with E-state index in [2.05, 4.69) is 36.1 Å². The molecule has 1 fully saturated rings. The number of hydrogen-bond donors (Lipinski definition) is 2. The fourth-order valence-corrected chi connectivity index (χ4v) is 3.68. The van der Waals surface area contributed by atoms with Gasteiger partial charge in [0.25, 0.3) is 5.91 Å². The number of carbonyl (C=O) groups excluding carboxylic acids is 3. The van der Waals surface area contributed by atoms with Crippen molar-refractivity contribution in [2.75, 3.05) is 11.9 Å². The summed E-state index contributed by atoms with van der Waals surface area (Å²) in [7, 11) is 0. The molecule has 2 aromatic carbocycles. The summed E-state index contributed by atoms with van der Waals surface area (Å²) in [5.74, 6) is -1.47. The molecule has 2 N–H and O–H groups in total. The number of rotatable bonds is 6. The van der Waals surface area contributed by atoms with Gasteiger partial charge in [-0.15, -0.1) is 0 Å². The molecule has 1 aliphatic rings. The van der Waals surface area contributed by atoms with E-state index in [1.807, 2.05) is 12.1 Å². The monoisotopic (exact) mass is 479 g/mol. The van der Waals surface area contributed by atoms with Gasteiger partial charge in [0.2, 0.25) is 5.91 Å². The highest BCUT2D eigenvalue weighted by Crippen LogP contribution is 2.32. The molecular formula is C23H24ClF2N3O4. The normalized spacial score (nSPS) is 18.5. The molecule has 0 bridgehead atoms. The molecule has 0 spiro atoms. The number of halogens is 3. The third-order valence-corrected chi connectivity index (χ3v) is 5.63. The lowest BCUT2D eigenvalue weighted by Crippen LogP contribution is -2.42. The Hall–Kier alpha value is -3.20. The summed E-state index contributed by atoms with van der Waals surface area (Å²) in [5.41, 5.74) is 0.480. The SMILES string of the molecule is CC(C)(C)c1ccc(C2(C)NC(=O)N(CC(=O)Nc3ccc(OC(F)F)c(Cl)c3)C2=O)cc1. The molecule has 0 radical (unpaired) electrons. The summed E-state index contributed by atoms with van der Waals surface area (Å²) < 4.78 is 28.9. The van der Waals surface area contributed by atoms with Gasteiger partial charge in [-0.1, -0.05) is 56.6 Å².